The Hall–Kier alpha value is -1.02. The van der Waals surface area contributed by atoms with Crippen molar-refractivity contribution in [3.05, 3.63) is 29.3 Å². The number of rotatable bonds is 4. The molecule has 0 saturated carbocycles. The zero-order valence-electron chi connectivity index (χ0n) is 10.2. The van der Waals surface area contributed by atoms with Crippen LogP contribution in [0.5, 0.6) is 5.75 Å². The van der Waals surface area contributed by atoms with Crippen LogP contribution in [0.25, 0.3) is 0 Å². The minimum Gasteiger partial charge on any atom is -0.491 e. The first-order valence-electron chi connectivity index (χ1n) is 6.25. The zero-order chi connectivity index (χ0) is 11.5. The smallest absolute Gasteiger partial charge is 0.119 e. The highest BCUT2D eigenvalue weighted by Crippen LogP contribution is 2.32. The van der Waals surface area contributed by atoms with E-state index in [-0.39, 0.29) is 6.04 Å². The van der Waals surface area contributed by atoms with Gasteiger partial charge in [0.1, 0.15) is 5.75 Å². The van der Waals surface area contributed by atoms with Crippen LogP contribution < -0.4 is 10.5 Å². The van der Waals surface area contributed by atoms with E-state index in [1.54, 1.807) is 0 Å². The zero-order valence-corrected chi connectivity index (χ0v) is 10.2. The fraction of sp³-hybridized carbons (Fsp3) is 0.571. The first-order chi connectivity index (χ1) is 7.70. The van der Waals surface area contributed by atoms with E-state index in [1.165, 1.54) is 11.1 Å². The van der Waals surface area contributed by atoms with Gasteiger partial charge in [0, 0.05) is 6.04 Å². The average molecular weight is 219 g/mol. The molecule has 0 aromatic heterocycles. The maximum absolute atomic E-state index is 6.00. The largest absolute Gasteiger partial charge is 0.491 e. The van der Waals surface area contributed by atoms with Crippen LogP contribution in [0, 0.1) is 0 Å². The van der Waals surface area contributed by atoms with Gasteiger partial charge in [0.25, 0.3) is 0 Å². The Labute approximate surface area is 97.8 Å². The Kier molecular flexibility index (Phi) is 3.49. The maximum Gasteiger partial charge on any atom is 0.119 e. The molecule has 0 bridgehead atoms. The third-order valence-corrected chi connectivity index (χ3v) is 3.27. The van der Waals surface area contributed by atoms with Crippen LogP contribution in [-0.4, -0.2) is 6.10 Å². The number of fused-ring (bicyclic) bond motifs is 1. The van der Waals surface area contributed by atoms with Crippen molar-refractivity contribution < 1.29 is 4.74 Å². The Morgan fingerprint density at radius 3 is 3.06 bits per heavy atom. The number of hydrogen-bond acceptors (Lipinski definition) is 2. The average Bonchev–Trinajstić information content (AvgIpc) is 2.60. The molecule has 2 rings (SSSR count). The third-order valence-electron chi connectivity index (χ3n) is 3.27. The standard InChI is InChI=1S/C14H21NO/c1-3-4-10(2)16-12-6-7-13-11(9-12)5-8-14(13)15/h6-7,9-10,14H,3-5,8,15H2,1-2H3. The lowest BCUT2D eigenvalue weighted by Crippen LogP contribution is -2.11. The lowest BCUT2D eigenvalue weighted by molar-refractivity contribution is 0.210. The normalized spacial score (nSPS) is 20.6. The molecule has 0 amide bonds. The molecule has 2 heteroatoms. The first-order valence-corrected chi connectivity index (χ1v) is 6.25. The highest BCUT2D eigenvalue weighted by molar-refractivity contribution is 5.40. The first kappa shape index (κ1) is 11.5. The van der Waals surface area contributed by atoms with E-state index in [0.717, 1.165) is 31.4 Å². The van der Waals surface area contributed by atoms with Crippen molar-refractivity contribution in [1.29, 1.82) is 0 Å². The molecule has 0 fully saturated rings. The predicted octanol–water partition coefficient (Wildman–Crippen LogP) is 3.20. The molecule has 2 unspecified atom stereocenters. The second-order valence-corrected chi connectivity index (χ2v) is 4.72. The molecule has 2 atom stereocenters. The van der Waals surface area contributed by atoms with Crippen LogP contribution in [0.15, 0.2) is 18.2 Å². The van der Waals surface area contributed by atoms with Crippen molar-refractivity contribution in [2.45, 2.75) is 51.7 Å². The minimum atomic E-state index is 0.233. The molecule has 2 N–H and O–H groups in total. The number of nitrogens with two attached hydrogens (primary N) is 1. The fourth-order valence-corrected chi connectivity index (χ4v) is 2.40. The molecule has 16 heavy (non-hydrogen) atoms. The van der Waals surface area contributed by atoms with E-state index in [0.29, 0.717) is 6.10 Å². The van der Waals surface area contributed by atoms with E-state index >= 15 is 0 Å². The van der Waals surface area contributed by atoms with Crippen molar-refractivity contribution >= 4 is 0 Å². The van der Waals surface area contributed by atoms with Gasteiger partial charge in [0.05, 0.1) is 6.10 Å². The lowest BCUT2D eigenvalue weighted by atomic mass is 10.1. The summed E-state index contributed by atoms with van der Waals surface area (Å²) in [5.41, 5.74) is 8.68. The number of hydrogen-bond donors (Lipinski definition) is 1. The van der Waals surface area contributed by atoms with E-state index in [1.807, 2.05) is 0 Å². The SMILES string of the molecule is CCCC(C)Oc1ccc2c(c1)CCC2N. The monoisotopic (exact) mass is 219 g/mol. The van der Waals surface area contributed by atoms with Gasteiger partial charge in [-0.05, 0) is 49.4 Å². The Balaban J connectivity index is 2.07. The van der Waals surface area contributed by atoms with E-state index in [9.17, 15) is 0 Å². The van der Waals surface area contributed by atoms with Gasteiger partial charge in [-0.2, -0.15) is 0 Å². The molecule has 1 aliphatic carbocycles. The Bertz CT molecular complexity index is 362. The summed E-state index contributed by atoms with van der Waals surface area (Å²) in [4.78, 5) is 0. The summed E-state index contributed by atoms with van der Waals surface area (Å²) < 4.78 is 5.87. The van der Waals surface area contributed by atoms with Crippen molar-refractivity contribution in [2.75, 3.05) is 0 Å². The van der Waals surface area contributed by atoms with Crippen molar-refractivity contribution in [2.24, 2.45) is 5.73 Å². The summed E-state index contributed by atoms with van der Waals surface area (Å²) in [5.74, 6) is 0.994. The van der Waals surface area contributed by atoms with Gasteiger partial charge in [-0.25, -0.2) is 0 Å². The molecule has 0 saturated heterocycles. The van der Waals surface area contributed by atoms with Crippen molar-refractivity contribution in [3.8, 4) is 5.75 Å². The Morgan fingerprint density at radius 1 is 1.50 bits per heavy atom. The molecule has 0 spiro atoms. The summed E-state index contributed by atoms with van der Waals surface area (Å²) in [5, 5.41) is 0. The van der Waals surface area contributed by atoms with Gasteiger partial charge in [-0.1, -0.05) is 19.4 Å². The van der Waals surface area contributed by atoms with E-state index < -0.39 is 0 Å². The van der Waals surface area contributed by atoms with Crippen molar-refractivity contribution in [3.63, 3.8) is 0 Å². The number of benzene rings is 1. The maximum atomic E-state index is 6.00. The third kappa shape index (κ3) is 2.38. The van der Waals surface area contributed by atoms with E-state index in [2.05, 4.69) is 32.0 Å². The molecule has 88 valence electrons. The van der Waals surface area contributed by atoms with Gasteiger partial charge in [-0.3, -0.25) is 0 Å². The minimum absolute atomic E-state index is 0.233. The van der Waals surface area contributed by atoms with Gasteiger partial charge < -0.3 is 10.5 Å². The summed E-state index contributed by atoms with van der Waals surface area (Å²) >= 11 is 0. The molecule has 0 aliphatic heterocycles. The van der Waals surface area contributed by atoms with Gasteiger partial charge in [-0.15, -0.1) is 0 Å². The fourth-order valence-electron chi connectivity index (χ4n) is 2.40. The summed E-state index contributed by atoms with van der Waals surface area (Å²) in [6.07, 6.45) is 4.74. The van der Waals surface area contributed by atoms with Gasteiger partial charge in [0.15, 0.2) is 0 Å². The molecule has 2 nitrogen and oxygen atoms in total. The van der Waals surface area contributed by atoms with Crippen LogP contribution >= 0.6 is 0 Å². The molecule has 1 aliphatic rings. The van der Waals surface area contributed by atoms with Crippen LogP contribution in [0.1, 0.15) is 50.3 Å². The highest BCUT2D eigenvalue weighted by Gasteiger charge is 2.19. The van der Waals surface area contributed by atoms with Gasteiger partial charge >= 0.3 is 0 Å². The Morgan fingerprint density at radius 2 is 2.31 bits per heavy atom. The number of ether oxygens (including phenoxy) is 1. The molecular weight excluding hydrogens is 198 g/mol. The summed E-state index contributed by atoms with van der Waals surface area (Å²) in [6, 6.07) is 6.57. The number of aryl methyl sites for hydroxylation is 1. The van der Waals surface area contributed by atoms with Crippen LogP contribution in [0.3, 0.4) is 0 Å². The highest BCUT2D eigenvalue weighted by atomic mass is 16.5. The second kappa shape index (κ2) is 4.88. The summed E-state index contributed by atoms with van der Waals surface area (Å²) in [6.45, 7) is 4.31. The lowest BCUT2D eigenvalue weighted by Gasteiger charge is -2.15. The van der Waals surface area contributed by atoms with E-state index in [4.69, 9.17) is 10.5 Å². The molecule has 1 aromatic rings. The molecule has 0 heterocycles. The van der Waals surface area contributed by atoms with Crippen molar-refractivity contribution in [1.82, 2.24) is 0 Å². The molecule has 0 radical (unpaired) electrons. The van der Waals surface area contributed by atoms with Crippen LogP contribution in [0.2, 0.25) is 0 Å². The van der Waals surface area contributed by atoms with Gasteiger partial charge in [0.2, 0.25) is 0 Å². The quantitative estimate of drug-likeness (QED) is 0.844. The molecule has 1 aromatic carbocycles. The topological polar surface area (TPSA) is 35.2 Å². The summed E-state index contributed by atoms with van der Waals surface area (Å²) in [7, 11) is 0. The van der Waals surface area contributed by atoms with Crippen LogP contribution in [-0.2, 0) is 6.42 Å². The second-order valence-electron chi connectivity index (χ2n) is 4.72. The molecular formula is C14H21NO. The predicted molar refractivity (Wildman–Crippen MR) is 66.7 cm³/mol. The van der Waals surface area contributed by atoms with Crippen LogP contribution in [0.4, 0.5) is 0 Å².